The Bertz CT molecular complexity index is 586. The van der Waals surface area contributed by atoms with Gasteiger partial charge < -0.3 is 21.1 Å². The molecule has 2 rings (SSSR count). The van der Waals surface area contributed by atoms with Crippen LogP contribution in [0.15, 0.2) is 24.3 Å². The van der Waals surface area contributed by atoms with Crippen molar-refractivity contribution in [1.82, 2.24) is 10.2 Å². The number of nitrogens with zero attached hydrogens (tertiary/aromatic N) is 1. The van der Waals surface area contributed by atoms with Crippen LogP contribution in [0.25, 0.3) is 0 Å². The minimum Gasteiger partial charge on any atom is -0.379 e. The number of hydrogen-bond acceptors (Lipinski definition) is 5. The molecule has 1 heterocycles. The van der Waals surface area contributed by atoms with Gasteiger partial charge in [-0.15, -0.1) is 0 Å². The Morgan fingerprint density at radius 2 is 2.00 bits per heavy atom. The number of morpholine rings is 1. The van der Waals surface area contributed by atoms with Gasteiger partial charge in [0, 0.05) is 50.7 Å². The van der Waals surface area contributed by atoms with Gasteiger partial charge in [0.15, 0.2) is 0 Å². The van der Waals surface area contributed by atoms with Crippen molar-refractivity contribution in [3.8, 4) is 0 Å². The molecule has 4 N–H and O–H groups in total. The smallest absolute Gasteiger partial charge is 0.225 e. The summed E-state index contributed by atoms with van der Waals surface area (Å²) in [4.78, 5) is 26.1. The Balaban J connectivity index is 1.73. The second-order valence-corrected chi connectivity index (χ2v) is 6.75. The summed E-state index contributed by atoms with van der Waals surface area (Å²) in [6.07, 6.45) is 1.55. The maximum atomic E-state index is 12.1. The minimum atomic E-state index is -0.0118. The van der Waals surface area contributed by atoms with Crippen molar-refractivity contribution in [2.75, 3.05) is 38.2 Å². The molecule has 1 aliphatic heterocycles. The predicted octanol–water partition coefficient (Wildman–Crippen LogP) is 1.09. The normalized spacial score (nSPS) is 16.1. The van der Waals surface area contributed by atoms with Crippen LogP contribution in [0.3, 0.4) is 0 Å². The molecule has 1 aromatic rings. The highest BCUT2D eigenvalue weighted by Gasteiger charge is 2.12. The monoisotopic (exact) mass is 362 g/mol. The minimum absolute atomic E-state index is 0.00499. The van der Waals surface area contributed by atoms with Gasteiger partial charge in [0.2, 0.25) is 11.8 Å². The highest BCUT2D eigenvalue weighted by molar-refractivity contribution is 5.90. The number of anilines is 1. The molecule has 0 saturated carbocycles. The number of benzene rings is 1. The van der Waals surface area contributed by atoms with Gasteiger partial charge in [0.1, 0.15) is 0 Å². The van der Waals surface area contributed by atoms with Crippen LogP contribution in [0, 0.1) is 0 Å². The lowest BCUT2D eigenvalue weighted by atomic mass is 10.1. The lowest BCUT2D eigenvalue weighted by molar-refractivity contribution is -0.121. The topological polar surface area (TPSA) is 96.7 Å². The molecule has 1 atom stereocenters. The van der Waals surface area contributed by atoms with E-state index in [-0.39, 0.29) is 17.9 Å². The fourth-order valence-corrected chi connectivity index (χ4v) is 2.71. The molecule has 0 aromatic heterocycles. The van der Waals surface area contributed by atoms with Crippen molar-refractivity contribution in [1.29, 1.82) is 0 Å². The molecule has 0 spiro atoms. The third-order valence-electron chi connectivity index (χ3n) is 4.29. The quantitative estimate of drug-likeness (QED) is 0.611. The van der Waals surface area contributed by atoms with E-state index < -0.39 is 0 Å². The van der Waals surface area contributed by atoms with Crippen LogP contribution in [0.2, 0.25) is 0 Å². The first-order chi connectivity index (χ1) is 12.5. The average molecular weight is 362 g/mol. The first-order valence-electron chi connectivity index (χ1n) is 9.24. The summed E-state index contributed by atoms with van der Waals surface area (Å²) in [6.45, 7) is 6.30. The summed E-state index contributed by atoms with van der Waals surface area (Å²) in [5, 5.41) is 5.80. The van der Waals surface area contributed by atoms with Crippen LogP contribution >= 0.6 is 0 Å². The Morgan fingerprint density at radius 1 is 1.23 bits per heavy atom. The van der Waals surface area contributed by atoms with Crippen molar-refractivity contribution < 1.29 is 14.3 Å². The highest BCUT2D eigenvalue weighted by Crippen LogP contribution is 2.11. The Morgan fingerprint density at radius 3 is 2.73 bits per heavy atom. The summed E-state index contributed by atoms with van der Waals surface area (Å²) >= 11 is 0. The lowest BCUT2D eigenvalue weighted by Crippen LogP contribution is -2.38. The molecule has 1 saturated heterocycles. The Kier molecular flexibility index (Phi) is 8.53. The SMILES string of the molecule is CC(N)CCC(=O)NCc1cccc(NC(=O)CCN2CCOCC2)c1. The zero-order valence-electron chi connectivity index (χ0n) is 15.5. The van der Waals surface area contributed by atoms with E-state index in [0.29, 0.717) is 25.8 Å². The number of carbonyl (C=O) groups excluding carboxylic acids is 2. The van der Waals surface area contributed by atoms with Crippen LogP contribution < -0.4 is 16.4 Å². The van der Waals surface area contributed by atoms with Crippen LogP contribution in [-0.4, -0.2) is 55.6 Å². The van der Waals surface area contributed by atoms with Crippen molar-refractivity contribution in [3.63, 3.8) is 0 Å². The molecule has 0 bridgehead atoms. The van der Waals surface area contributed by atoms with E-state index in [2.05, 4.69) is 15.5 Å². The van der Waals surface area contributed by atoms with Crippen molar-refractivity contribution in [2.24, 2.45) is 5.73 Å². The molecule has 144 valence electrons. The fraction of sp³-hybridized carbons (Fsp3) is 0.579. The maximum Gasteiger partial charge on any atom is 0.225 e. The first kappa shape index (κ1) is 20.4. The molecule has 0 aliphatic carbocycles. The van der Waals surface area contributed by atoms with Crippen LogP contribution in [0.1, 0.15) is 31.7 Å². The number of nitrogens with one attached hydrogen (secondary N) is 2. The lowest BCUT2D eigenvalue weighted by Gasteiger charge is -2.26. The molecule has 0 radical (unpaired) electrons. The van der Waals surface area contributed by atoms with Gasteiger partial charge in [0.25, 0.3) is 0 Å². The van der Waals surface area contributed by atoms with Crippen molar-refractivity contribution in [3.05, 3.63) is 29.8 Å². The number of nitrogens with two attached hydrogens (primary N) is 1. The van der Waals surface area contributed by atoms with Gasteiger partial charge in [-0.25, -0.2) is 0 Å². The number of rotatable bonds is 9. The number of hydrogen-bond donors (Lipinski definition) is 3. The summed E-state index contributed by atoms with van der Waals surface area (Å²) in [5.41, 5.74) is 7.36. The second kappa shape index (κ2) is 10.9. The average Bonchev–Trinajstić information content (AvgIpc) is 2.64. The zero-order valence-corrected chi connectivity index (χ0v) is 15.5. The maximum absolute atomic E-state index is 12.1. The van der Waals surface area contributed by atoms with E-state index in [4.69, 9.17) is 10.5 Å². The third kappa shape index (κ3) is 7.95. The Hall–Kier alpha value is -1.96. The van der Waals surface area contributed by atoms with E-state index in [1.54, 1.807) is 0 Å². The molecule has 1 aliphatic rings. The number of amides is 2. The molecule has 1 fully saturated rings. The molecule has 1 unspecified atom stereocenters. The number of carbonyl (C=O) groups is 2. The summed E-state index contributed by atoms with van der Waals surface area (Å²) < 4.78 is 5.30. The predicted molar refractivity (Wildman–Crippen MR) is 102 cm³/mol. The van der Waals surface area contributed by atoms with E-state index in [1.807, 2.05) is 31.2 Å². The summed E-state index contributed by atoms with van der Waals surface area (Å²) in [5.74, 6) is -0.0168. The standard InChI is InChI=1S/C19H30N4O3/c1-15(20)5-6-18(24)21-14-16-3-2-4-17(13-16)22-19(25)7-8-23-9-11-26-12-10-23/h2-4,13,15H,5-12,14,20H2,1H3,(H,21,24)(H,22,25). The van der Waals surface area contributed by atoms with Gasteiger partial charge in [-0.2, -0.15) is 0 Å². The van der Waals surface area contributed by atoms with Crippen LogP contribution in [0.5, 0.6) is 0 Å². The van der Waals surface area contributed by atoms with E-state index >= 15 is 0 Å². The fourth-order valence-electron chi connectivity index (χ4n) is 2.71. The van der Waals surface area contributed by atoms with Crippen LogP contribution in [0.4, 0.5) is 5.69 Å². The molecule has 26 heavy (non-hydrogen) atoms. The molecule has 2 amide bonds. The van der Waals surface area contributed by atoms with E-state index in [1.165, 1.54) is 0 Å². The van der Waals surface area contributed by atoms with Crippen molar-refractivity contribution in [2.45, 2.75) is 38.8 Å². The van der Waals surface area contributed by atoms with Crippen LogP contribution in [-0.2, 0) is 20.9 Å². The van der Waals surface area contributed by atoms with Gasteiger partial charge in [-0.05, 0) is 31.0 Å². The van der Waals surface area contributed by atoms with E-state index in [0.717, 1.165) is 44.1 Å². The molecule has 7 nitrogen and oxygen atoms in total. The largest absolute Gasteiger partial charge is 0.379 e. The third-order valence-corrected chi connectivity index (χ3v) is 4.29. The first-order valence-corrected chi connectivity index (χ1v) is 9.24. The highest BCUT2D eigenvalue weighted by atomic mass is 16.5. The van der Waals surface area contributed by atoms with Gasteiger partial charge in [-0.1, -0.05) is 12.1 Å². The Labute approximate surface area is 155 Å². The van der Waals surface area contributed by atoms with Gasteiger partial charge in [-0.3, -0.25) is 14.5 Å². The van der Waals surface area contributed by atoms with Gasteiger partial charge >= 0.3 is 0 Å². The summed E-state index contributed by atoms with van der Waals surface area (Å²) in [7, 11) is 0. The molecular weight excluding hydrogens is 332 g/mol. The zero-order chi connectivity index (χ0) is 18.8. The molecule has 7 heteroatoms. The van der Waals surface area contributed by atoms with Gasteiger partial charge in [0.05, 0.1) is 13.2 Å². The second-order valence-electron chi connectivity index (χ2n) is 6.75. The van der Waals surface area contributed by atoms with Crippen molar-refractivity contribution >= 4 is 17.5 Å². The molecular formula is C19H30N4O3. The molecule has 1 aromatic carbocycles. The van der Waals surface area contributed by atoms with E-state index in [9.17, 15) is 9.59 Å². The number of ether oxygens (including phenoxy) is 1. The summed E-state index contributed by atoms with van der Waals surface area (Å²) in [6, 6.07) is 7.57.